The highest BCUT2D eigenvalue weighted by molar-refractivity contribution is 5.43. The molecule has 0 spiro atoms. The second-order valence-corrected chi connectivity index (χ2v) is 3.72. The zero-order chi connectivity index (χ0) is 11.7. The van der Waals surface area contributed by atoms with Crippen molar-refractivity contribution >= 4 is 11.8 Å². The molecule has 0 aliphatic carbocycles. The summed E-state index contributed by atoms with van der Waals surface area (Å²) in [6, 6.07) is 0. The number of aromatic nitrogens is 2. The third-order valence-corrected chi connectivity index (χ3v) is 2.62. The van der Waals surface area contributed by atoms with Gasteiger partial charge in [0.05, 0.1) is 18.8 Å². The maximum atomic E-state index is 9.57. The van der Waals surface area contributed by atoms with Gasteiger partial charge < -0.3 is 26.4 Å². The van der Waals surface area contributed by atoms with Crippen LogP contribution in [-0.2, 0) is 4.74 Å². The third-order valence-electron chi connectivity index (χ3n) is 2.62. The molecule has 0 aromatic carbocycles. The highest BCUT2D eigenvalue weighted by atomic mass is 16.5. The molecule has 3 unspecified atom stereocenters. The van der Waals surface area contributed by atoms with Gasteiger partial charge in [0.15, 0.2) is 0 Å². The van der Waals surface area contributed by atoms with Gasteiger partial charge in [-0.25, -0.2) is 4.98 Å². The Morgan fingerprint density at radius 3 is 2.81 bits per heavy atom. The van der Waals surface area contributed by atoms with Gasteiger partial charge in [-0.05, 0) is 0 Å². The lowest BCUT2D eigenvalue weighted by molar-refractivity contribution is -0.0225. The van der Waals surface area contributed by atoms with Crippen LogP contribution in [0.4, 0.5) is 11.8 Å². The van der Waals surface area contributed by atoms with Crippen LogP contribution in [0.15, 0.2) is 6.20 Å². The molecule has 1 saturated heterocycles. The summed E-state index contributed by atoms with van der Waals surface area (Å²) in [7, 11) is 0. The molecule has 1 aliphatic rings. The van der Waals surface area contributed by atoms with Crippen molar-refractivity contribution in [2.75, 3.05) is 18.1 Å². The minimum Gasteiger partial charge on any atom is -0.394 e. The molecule has 3 atom stereocenters. The van der Waals surface area contributed by atoms with Gasteiger partial charge in [-0.3, -0.25) is 0 Å². The van der Waals surface area contributed by atoms with Crippen LogP contribution in [-0.4, -0.2) is 39.0 Å². The number of anilines is 2. The molecule has 2 rings (SSSR count). The fraction of sp³-hybridized carbons (Fsp3) is 0.556. The van der Waals surface area contributed by atoms with Crippen molar-refractivity contribution in [3.63, 3.8) is 0 Å². The molecule has 0 saturated carbocycles. The van der Waals surface area contributed by atoms with E-state index in [9.17, 15) is 5.11 Å². The first-order valence-corrected chi connectivity index (χ1v) is 4.94. The smallest absolute Gasteiger partial charge is 0.221 e. The number of nitrogens with two attached hydrogens (primary N) is 2. The van der Waals surface area contributed by atoms with Crippen LogP contribution in [0.25, 0.3) is 0 Å². The number of ether oxygens (including phenoxy) is 1. The van der Waals surface area contributed by atoms with Gasteiger partial charge in [-0.1, -0.05) is 0 Å². The number of aliphatic hydroxyl groups is 2. The lowest BCUT2D eigenvalue weighted by atomic mass is 10.1. The van der Waals surface area contributed by atoms with Gasteiger partial charge in [0.25, 0.3) is 0 Å². The Morgan fingerprint density at radius 2 is 2.25 bits per heavy atom. The van der Waals surface area contributed by atoms with Gasteiger partial charge in [0, 0.05) is 18.2 Å². The van der Waals surface area contributed by atoms with E-state index in [-0.39, 0.29) is 18.4 Å². The van der Waals surface area contributed by atoms with Crippen molar-refractivity contribution in [2.24, 2.45) is 0 Å². The Bertz CT molecular complexity index is 387. The molecule has 7 heteroatoms. The maximum absolute atomic E-state index is 9.57. The van der Waals surface area contributed by atoms with Crippen molar-refractivity contribution < 1.29 is 14.9 Å². The van der Waals surface area contributed by atoms with Crippen molar-refractivity contribution in [1.82, 2.24) is 9.97 Å². The molecule has 88 valence electrons. The molecule has 1 aromatic heterocycles. The Kier molecular flexibility index (Phi) is 2.90. The molecule has 2 heterocycles. The second-order valence-electron chi connectivity index (χ2n) is 3.72. The monoisotopic (exact) mass is 226 g/mol. The zero-order valence-electron chi connectivity index (χ0n) is 8.58. The van der Waals surface area contributed by atoms with E-state index in [0.29, 0.717) is 12.0 Å². The average molecular weight is 226 g/mol. The molecule has 16 heavy (non-hydrogen) atoms. The Morgan fingerprint density at radius 1 is 1.50 bits per heavy atom. The molecule has 1 aromatic rings. The van der Waals surface area contributed by atoms with Crippen LogP contribution in [0.2, 0.25) is 0 Å². The summed E-state index contributed by atoms with van der Waals surface area (Å²) < 4.78 is 5.43. The summed E-state index contributed by atoms with van der Waals surface area (Å²) in [5.74, 6) is 0.335. The number of hydrogen-bond acceptors (Lipinski definition) is 7. The fourth-order valence-corrected chi connectivity index (χ4v) is 1.76. The predicted molar refractivity (Wildman–Crippen MR) is 56.2 cm³/mol. The lowest BCUT2D eigenvalue weighted by Gasteiger charge is -2.13. The first-order chi connectivity index (χ1) is 7.61. The SMILES string of the molecule is Nc1ncc(C2CC(O)C(CO)O2)c(N)n1. The number of nitrogen functional groups attached to an aromatic ring is 2. The largest absolute Gasteiger partial charge is 0.394 e. The minimum atomic E-state index is -0.702. The third kappa shape index (κ3) is 1.92. The van der Waals surface area contributed by atoms with Gasteiger partial charge in [-0.2, -0.15) is 4.98 Å². The Balaban J connectivity index is 2.20. The van der Waals surface area contributed by atoms with Crippen molar-refractivity contribution in [1.29, 1.82) is 0 Å². The number of rotatable bonds is 2. The Labute approximate surface area is 92.1 Å². The average Bonchev–Trinajstić information content (AvgIpc) is 2.59. The molecule has 7 nitrogen and oxygen atoms in total. The summed E-state index contributed by atoms with van der Waals surface area (Å²) >= 11 is 0. The van der Waals surface area contributed by atoms with Crippen LogP contribution >= 0.6 is 0 Å². The first kappa shape index (κ1) is 11.1. The molecule has 1 aliphatic heterocycles. The minimum absolute atomic E-state index is 0.0958. The summed E-state index contributed by atoms with van der Waals surface area (Å²) in [6.07, 6.45) is 0.166. The molecule has 0 bridgehead atoms. The van der Waals surface area contributed by atoms with Crippen LogP contribution in [0.5, 0.6) is 0 Å². The normalized spacial score (nSPS) is 29.5. The van der Waals surface area contributed by atoms with Crippen LogP contribution in [0.3, 0.4) is 0 Å². The first-order valence-electron chi connectivity index (χ1n) is 4.94. The van der Waals surface area contributed by atoms with E-state index >= 15 is 0 Å². The highest BCUT2D eigenvalue weighted by Crippen LogP contribution is 2.34. The number of hydrogen-bond donors (Lipinski definition) is 4. The summed E-state index contributed by atoms with van der Waals surface area (Å²) in [5, 5.41) is 18.5. The van der Waals surface area contributed by atoms with E-state index in [1.165, 1.54) is 6.20 Å². The quantitative estimate of drug-likeness (QED) is 0.500. The van der Waals surface area contributed by atoms with E-state index in [0.717, 1.165) is 0 Å². The molecule has 1 fully saturated rings. The number of nitrogens with zero attached hydrogens (tertiary/aromatic N) is 2. The van der Waals surface area contributed by atoms with Gasteiger partial charge in [0.2, 0.25) is 5.95 Å². The fourth-order valence-electron chi connectivity index (χ4n) is 1.76. The molecule has 6 N–H and O–H groups in total. The number of aliphatic hydroxyl groups excluding tert-OH is 2. The van der Waals surface area contributed by atoms with E-state index in [1.54, 1.807) is 0 Å². The summed E-state index contributed by atoms with van der Waals surface area (Å²) in [5.41, 5.74) is 11.6. The lowest BCUT2D eigenvalue weighted by Crippen LogP contribution is -2.24. The van der Waals surface area contributed by atoms with Crippen molar-refractivity contribution in [3.05, 3.63) is 11.8 Å². The summed E-state index contributed by atoms with van der Waals surface area (Å²) in [6.45, 7) is -0.229. The standard InChI is InChI=1S/C9H14N4O3/c10-8-4(2-12-9(11)13-8)6-1-5(15)7(3-14)16-6/h2,5-7,14-15H,1,3H2,(H4,10,11,12,13). The van der Waals surface area contributed by atoms with Crippen LogP contribution in [0.1, 0.15) is 18.1 Å². The Hall–Kier alpha value is -1.44. The second kappa shape index (κ2) is 4.20. The predicted octanol–water partition coefficient (Wildman–Crippen LogP) is -1.18. The van der Waals surface area contributed by atoms with Gasteiger partial charge >= 0.3 is 0 Å². The molecular weight excluding hydrogens is 212 g/mol. The molecule has 0 radical (unpaired) electrons. The topological polar surface area (TPSA) is 128 Å². The molecule has 0 amide bonds. The van der Waals surface area contributed by atoms with Crippen LogP contribution < -0.4 is 11.5 Å². The van der Waals surface area contributed by atoms with Gasteiger partial charge in [0.1, 0.15) is 11.9 Å². The summed E-state index contributed by atoms with van der Waals surface area (Å²) in [4.78, 5) is 7.64. The van der Waals surface area contributed by atoms with E-state index in [4.69, 9.17) is 21.3 Å². The zero-order valence-corrected chi connectivity index (χ0v) is 8.58. The van der Waals surface area contributed by atoms with Crippen molar-refractivity contribution in [2.45, 2.75) is 24.7 Å². The van der Waals surface area contributed by atoms with E-state index < -0.39 is 18.3 Å². The highest BCUT2D eigenvalue weighted by Gasteiger charge is 2.35. The van der Waals surface area contributed by atoms with E-state index in [2.05, 4.69) is 9.97 Å². The molecular formula is C9H14N4O3. The van der Waals surface area contributed by atoms with E-state index in [1.807, 2.05) is 0 Å². The maximum Gasteiger partial charge on any atom is 0.221 e. The van der Waals surface area contributed by atoms with Crippen LogP contribution in [0, 0.1) is 0 Å². The van der Waals surface area contributed by atoms with Crippen molar-refractivity contribution in [3.8, 4) is 0 Å². The van der Waals surface area contributed by atoms with Gasteiger partial charge in [-0.15, -0.1) is 0 Å².